The Morgan fingerprint density at radius 2 is 1.96 bits per heavy atom. The lowest BCUT2D eigenvalue weighted by atomic mass is 9.99. The molecular weight excluding hydrogens is 348 g/mol. The SMILES string of the molecule is COC(=O)C(Cc1ccc(OCCn2ccc3cnccc32)cc1)C(=O)O. The summed E-state index contributed by atoms with van der Waals surface area (Å²) in [6, 6.07) is 11.0. The van der Waals surface area contributed by atoms with Crippen molar-refractivity contribution in [1.82, 2.24) is 9.55 Å². The lowest BCUT2D eigenvalue weighted by Gasteiger charge is -2.11. The van der Waals surface area contributed by atoms with E-state index in [0.717, 1.165) is 16.5 Å². The van der Waals surface area contributed by atoms with Crippen LogP contribution in [0.5, 0.6) is 5.75 Å². The lowest BCUT2D eigenvalue weighted by Crippen LogP contribution is -2.27. The van der Waals surface area contributed by atoms with E-state index in [-0.39, 0.29) is 6.42 Å². The predicted octanol–water partition coefficient (Wildman–Crippen LogP) is 2.53. The summed E-state index contributed by atoms with van der Waals surface area (Å²) in [6.45, 7) is 1.18. The summed E-state index contributed by atoms with van der Waals surface area (Å²) >= 11 is 0. The molecule has 0 spiro atoms. The maximum Gasteiger partial charge on any atom is 0.320 e. The highest BCUT2D eigenvalue weighted by Gasteiger charge is 2.27. The van der Waals surface area contributed by atoms with Gasteiger partial charge in [0.15, 0.2) is 5.92 Å². The van der Waals surface area contributed by atoms with Crippen LogP contribution in [0.15, 0.2) is 55.0 Å². The van der Waals surface area contributed by atoms with Gasteiger partial charge in [-0.1, -0.05) is 12.1 Å². The second kappa shape index (κ2) is 8.35. The molecule has 0 aliphatic carbocycles. The number of hydrogen-bond donors (Lipinski definition) is 1. The molecule has 0 saturated heterocycles. The standard InChI is InChI=1S/C20H20N2O5/c1-26-20(25)17(19(23)24)12-14-2-4-16(5-3-14)27-11-10-22-9-7-15-13-21-8-6-18(15)22/h2-9,13,17H,10-12H2,1H3,(H,23,24). The number of carboxylic acids is 1. The van der Waals surface area contributed by atoms with Crippen molar-refractivity contribution in [2.24, 2.45) is 5.92 Å². The first-order valence-electron chi connectivity index (χ1n) is 8.49. The van der Waals surface area contributed by atoms with Gasteiger partial charge >= 0.3 is 11.9 Å². The van der Waals surface area contributed by atoms with Crippen LogP contribution in [0.25, 0.3) is 10.9 Å². The predicted molar refractivity (Wildman–Crippen MR) is 98.5 cm³/mol. The summed E-state index contributed by atoms with van der Waals surface area (Å²) < 4.78 is 12.4. The van der Waals surface area contributed by atoms with E-state index in [1.54, 1.807) is 30.5 Å². The zero-order valence-electron chi connectivity index (χ0n) is 14.9. The van der Waals surface area contributed by atoms with Gasteiger partial charge in [0.25, 0.3) is 0 Å². The molecule has 7 nitrogen and oxygen atoms in total. The minimum Gasteiger partial charge on any atom is -0.492 e. The maximum absolute atomic E-state index is 11.5. The Hall–Kier alpha value is -3.35. The molecule has 0 fully saturated rings. The van der Waals surface area contributed by atoms with Crippen LogP contribution in [0.2, 0.25) is 0 Å². The third-order valence-electron chi connectivity index (χ3n) is 4.32. The molecule has 1 N–H and O–H groups in total. The Bertz CT molecular complexity index is 933. The number of rotatable bonds is 8. The van der Waals surface area contributed by atoms with Gasteiger partial charge < -0.3 is 19.1 Å². The molecule has 0 radical (unpaired) electrons. The van der Waals surface area contributed by atoms with E-state index < -0.39 is 17.9 Å². The number of nitrogens with zero attached hydrogens (tertiary/aromatic N) is 2. The van der Waals surface area contributed by atoms with Gasteiger partial charge in [-0.3, -0.25) is 14.6 Å². The van der Waals surface area contributed by atoms with Crippen molar-refractivity contribution < 1.29 is 24.2 Å². The summed E-state index contributed by atoms with van der Waals surface area (Å²) in [6.07, 6.45) is 5.66. The fourth-order valence-corrected chi connectivity index (χ4v) is 2.87. The average Bonchev–Trinajstić information content (AvgIpc) is 3.09. The molecular formula is C20H20N2O5. The molecule has 27 heavy (non-hydrogen) atoms. The van der Waals surface area contributed by atoms with Crippen molar-refractivity contribution in [3.63, 3.8) is 0 Å². The van der Waals surface area contributed by atoms with Crippen LogP contribution in [0.3, 0.4) is 0 Å². The number of methoxy groups -OCH3 is 1. The fraction of sp³-hybridized carbons (Fsp3) is 0.250. The summed E-state index contributed by atoms with van der Waals surface area (Å²) in [5, 5.41) is 10.2. The van der Waals surface area contributed by atoms with Gasteiger partial charge in [-0.05, 0) is 36.2 Å². The molecule has 1 unspecified atom stereocenters. The highest BCUT2D eigenvalue weighted by atomic mass is 16.5. The molecule has 0 aliphatic rings. The number of aromatic nitrogens is 2. The molecule has 0 bridgehead atoms. The summed E-state index contributed by atoms with van der Waals surface area (Å²) in [4.78, 5) is 26.8. The number of carbonyl (C=O) groups is 2. The second-order valence-electron chi connectivity index (χ2n) is 6.05. The Kier molecular flexibility index (Phi) is 5.71. The van der Waals surface area contributed by atoms with E-state index >= 15 is 0 Å². The number of carboxylic acid groups (broad SMARTS) is 1. The molecule has 1 aromatic carbocycles. The monoisotopic (exact) mass is 368 g/mol. The Balaban J connectivity index is 1.56. The number of hydrogen-bond acceptors (Lipinski definition) is 5. The molecule has 3 rings (SSSR count). The molecule has 140 valence electrons. The van der Waals surface area contributed by atoms with Gasteiger partial charge in [0.2, 0.25) is 0 Å². The Morgan fingerprint density at radius 3 is 2.67 bits per heavy atom. The molecule has 3 aromatic rings. The van der Waals surface area contributed by atoms with Gasteiger partial charge in [0.05, 0.1) is 19.2 Å². The maximum atomic E-state index is 11.5. The summed E-state index contributed by atoms with van der Waals surface area (Å²) in [5.74, 6) is -2.48. The van der Waals surface area contributed by atoms with E-state index in [1.165, 1.54) is 7.11 Å². The number of fused-ring (bicyclic) bond motifs is 1. The largest absolute Gasteiger partial charge is 0.492 e. The number of esters is 1. The number of pyridine rings is 1. The van der Waals surface area contributed by atoms with E-state index in [2.05, 4.69) is 14.3 Å². The first-order chi connectivity index (χ1) is 13.1. The molecule has 7 heteroatoms. The van der Waals surface area contributed by atoms with E-state index in [1.807, 2.05) is 24.5 Å². The number of aliphatic carboxylic acids is 1. The molecule has 0 amide bonds. The number of benzene rings is 1. The van der Waals surface area contributed by atoms with E-state index in [4.69, 9.17) is 9.84 Å². The molecule has 1 atom stereocenters. The summed E-state index contributed by atoms with van der Waals surface area (Å²) in [7, 11) is 1.18. The van der Waals surface area contributed by atoms with Crippen LogP contribution in [-0.4, -0.2) is 40.3 Å². The average molecular weight is 368 g/mol. The van der Waals surface area contributed by atoms with Gasteiger partial charge in [-0.15, -0.1) is 0 Å². The second-order valence-corrected chi connectivity index (χ2v) is 6.05. The fourth-order valence-electron chi connectivity index (χ4n) is 2.87. The highest BCUT2D eigenvalue weighted by molar-refractivity contribution is 5.94. The topological polar surface area (TPSA) is 90.7 Å². The molecule has 0 aliphatic heterocycles. The smallest absolute Gasteiger partial charge is 0.320 e. The quantitative estimate of drug-likeness (QED) is 0.485. The molecule has 2 heterocycles. The third kappa shape index (κ3) is 4.44. The van der Waals surface area contributed by atoms with Crippen LogP contribution in [-0.2, 0) is 27.3 Å². The molecule has 2 aromatic heterocycles. The first-order valence-corrected chi connectivity index (χ1v) is 8.49. The van der Waals surface area contributed by atoms with E-state index in [9.17, 15) is 9.59 Å². The number of ether oxygens (including phenoxy) is 2. The van der Waals surface area contributed by atoms with Crippen molar-refractivity contribution in [3.05, 3.63) is 60.6 Å². The third-order valence-corrected chi connectivity index (χ3v) is 4.32. The molecule has 0 saturated carbocycles. The minimum absolute atomic E-state index is 0.0751. The van der Waals surface area contributed by atoms with Crippen molar-refractivity contribution in [3.8, 4) is 5.75 Å². The minimum atomic E-state index is -1.21. The number of carbonyl (C=O) groups excluding carboxylic acids is 1. The van der Waals surface area contributed by atoms with Crippen LogP contribution in [0, 0.1) is 5.92 Å². The van der Waals surface area contributed by atoms with Crippen LogP contribution >= 0.6 is 0 Å². The van der Waals surface area contributed by atoms with Crippen molar-refractivity contribution in [1.29, 1.82) is 0 Å². The zero-order valence-corrected chi connectivity index (χ0v) is 14.9. The highest BCUT2D eigenvalue weighted by Crippen LogP contribution is 2.17. The van der Waals surface area contributed by atoms with Crippen molar-refractivity contribution in [2.75, 3.05) is 13.7 Å². The van der Waals surface area contributed by atoms with Crippen LogP contribution in [0.1, 0.15) is 5.56 Å². The van der Waals surface area contributed by atoms with E-state index in [0.29, 0.717) is 18.9 Å². The van der Waals surface area contributed by atoms with Crippen LogP contribution in [0.4, 0.5) is 0 Å². The lowest BCUT2D eigenvalue weighted by molar-refractivity contribution is -0.156. The Morgan fingerprint density at radius 1 is 1.19 bits per heavy atom. The normalized spacial score (nSPS) is 11.9. The van der Waals surface area contributed by atoms with Crippen molar-refractivity contribution in [2.45, 2.75) is 13.0 Å². The Labute approximate surface area is 156 Å². The van der Waals surface area contributed by atoms with Crippen molar-refractivity contribution >= 4 is 22.8 Å². The van der Waals surface area contributed by atoms with Crippen LogP contribution < -0.4 is 4.74 Å². The summed E-state index contributed by atoms with van der Waals surface area (Å²) in [5.41, 5.74) is 1.83. The van der Waals surface area contributed by atoms with Gasteiger partial charge in [0, 0.05) is 24.0 Å². The van der Waals surface area contributed by atoms with Gasteiger partial charge in [0.1, 0.15) is 12.4 Å². The van der Waals surface area contributed by atoms with Gasteiger partial charge in [-0.2, -0.15) is 0 Å². The van der Waals surface area contributed by atoms with Gasteiger partial charge in [-0.25, -0.2) is 0 Å². The zero-order chi connectivity index (χ0) is 19.2. The first kappa shape index (κ1) is 18.4.